The average Bonchev–Trinajstić information content (AvgIpc) is 3.19. The third-order valence-electron chi connectivity index (χ3n) is 5.87. The molecule has 1 aromatic rings. The predicted molar refractivity (Wildman–Crippen MR) is 128 cm³/mol. The number of thiophene rings is 1. The Morgan fingerprint density at radius 3 is 2.34 bits per heavy atom. The van der Waals surface area contributed by atoms with Crippen molar-refractivity contribution >= 4 is 34.7 Å². The molecule has 0 aliphatic heterocycles. The van der Waals surface area contributed by atoms with Gasteiger partial charge in [0.05, 0.1) is 17.7 Å². The highest BCUT2D eigenvalue weighted by Crippen LogP contribution is 2.38. The quantitative estimate of drug-likeness (QED) is 0.432. The van der Waals surface area contributed by atoms with Gasteiger partial charge in [-0.25, -0.2) is 4.79 Å². The molecule has 2 saturated carbocycles. The second-order valence-electron chi connectivity index (χ2n) is 9.73. The zero-order valence-corrected chi connectivity index (χ0v) is 20.4. The second-order valence-corrected chi connectivity index (χ2v) is 10.8. The SMILES string of the molecule is [2H]C1([2H])CC(N(C(=O)C2CCC(C)CC2)c2cc(C#CC(C)(C)C)sc2C(=O)OC)CC([2H])([2H])C1=O. The molecule has 2 fully saturated rings. The van der Waals surface area contributed by atoms with Crippen molar-refractivity contribution in [2.24, 2.45) is 17.3 Å². The normalized spacial score (nSPS) is 27.1. The van der Waals surface area contributed by atoms with Crippen LogP contribution in [0.15, 0.2) is 6.07 Å². The summed E-state index contributed by atoms with van der Waals surface area (Å²) in [4.78, 5) is 41.3. The Labute approximate surface area is 201 Å². The molecule has 6 heteroatoms. The first-order valence-electron chi connectivity index (χ1n) is 13.2. The van der Waals surface area contributed by atoms with Gasteiger partial charge in [-0.15, -0.1) is 11.3 Å². The highest BCUT2D eigenvalue weighted by Gasteiger charge is 2.37. The number of methoxy groups -OCH3 is 1. The van der Waals surface area contributed by atoms with Crippen molar-refractivity contribution in [2.45, 2.75) is 85.0 Å². The smallest absolute Gasteiger partial charge is 0.350 e. The van der Waals surface area contributed by atoms with Crippen LogP contribution in [0.4, 0.5) is 5.69 Å². The highest BCUT2D eigenvalue weighted by atomic mass is 32.1. The van der Waals surface area contributed by atoms with E-state index in [0.717, 1.165) is 24.2 Å². The van der Waals surface area contributed by atoms with Gasteiger partial charge in [0.2, 0.25) is 5.91 Å². The number of nitrogens with zero attached hydrogens (tertiary/aromatic N) is 1. The maximum absolute atomic E-state index is 14.0. The van der Waals surface area contributed by atoms with E-state index < -0.39 is 30.5 Å². The van der Waals surface area contributed by atoms with E-state index in [1.54, 1.807) is 6.07 Å². The summed E-state index contributed by atoms with van der Waals surface area (Å²) in [7, 11) is 1.25. The Balaban J connectivity index is 2.15. The molecule has 1 heterocycles. The third kappa shape index (κ3) is 6.01. The summed E-state index contributed by atoms with van der Waals surface area (Å²) in [5.74, 6) is 4.34. The Kier molecular flexibility index (Phi) is 6.17. The Hall–Kier alpha value is -2.13. The summed E-state index contributed by atoms with van der Waals surface area (Å²) in [6, 6.07) is 0.696. The molecule has 3 rings (SSSR count). The average molecular weight is 462 g/mol. The lowest BCUT2D eigenvalue weighted by Gasteiger charge is -2.37. The summed E-state index contributed by atoms with van der Waals surface area (Å²) in [6.45, 7) is 8.01. The molecular weight excluding hydrogens is 422 g/mol. The summed E-state index contributed by atoms with van der Waals surface area (Å²) in [5, 5.41) is 0. The van der Waals surface area contributed by atoms with Crippen LogP contribution in [0.5, 0.6) is 0 Å². The number of carbonyl (C=O) groups excluding carboxylic acids is 3. The molecule has 174 valence electrons. The number of hydrogen-bond acceptors (Lipinski definition) is 5. The van der Waals surface area contributed by atoms with Gasteiger partial charge in [0, 0.05) is 35.6 Å². The minimum atomic E-state index is -2.44. The molecule has 0 radical (unpaired) electrons. The van der Waals surface area contributed by atoms with Gasteiger partial charge in [-0.3, -0.25) is 9.59 Å². The van der Waals surface area contributed by atoms with Crippen LogP contribution in [0, 0.1) is 29.1 Å². The van der Waals surface area contributed by atoms with E-state index >= 15 is 0 Å². The lowest BCUT2D eigenvalue weighted by molar-refractivity contribution is -0.125. The number of rotatable bonds is 4. The molecule has 5 nitrogen and oxygen atoms in total. The molecule has 0 spiro atoms. The first kappa shape index (κ1) is 19.3. The van der Waals surface area contributed by atoms with E-state index in [1.165, 1.54) is 12.0 Å². The van der Waals surface area contributed by atoms with Gasteiger partial charge in [0.15, 0.2) is 0 Å². The third-order valence-corrected chi connectivity index (χ3v) is 6.89. The van der Waals surface area contributed by atoms with Gasteiger partial charge >= 0.3 is 5.97 Å². The molecule has 0 atom stereocenters. The standard InChI is InChI=1S/C26H35NO4S/c1-17-6-8-18(9-7-17)24(29)27(19-10-12-20(28)13-11-19)22-16-21(14-15-26(2,3)4)32-23(22)25(30)31-5/h16-19H,6-13H2,1-5H3/i12D2,13D2. The van der Waals surface area contributed by atoms with E-state index in [-0.39, 0.29) is 40.6 Å². The molecule has 1 amide bonds. The number of carbonyl (C=O) groups is 3. The van der Waals surface area contributed by atoms with Crippen LogP contribution in [-0.4, -0.2) is 30.8 Å². The minimum absolute atomic E-state index is 0.159. The fraction of sp³-hybridized carbons (Fsp3) is 0.654. The molecule has 0 N–H and O–H groups in total. The Morgan fingerprint density at radius 2 is 1.78 bits per heavy atom. The van der Waals surface area contributed by atoms with Crippen LogP contribution in [0.3, 0.4) is 0 Å². The second kappa shape index (κ2) is 10.2. The molecule has 0 saturated heterocycles. The molecule has 32 heavy (non-hydrogen) atoms. The zero-order valence-electron chi connectivity index (χ0n) is 23.5. The van der Waals surface area contributed by atoms with Crippen molar-refractivity contribution in [2.75, 3.05) is 12.0 Å². The molecule has 2 aliphatic rings. The van der Waals surface area contributed by atoms with E-state index in [0.29, 0.717) is 23.6 Å². The van der Waals surface area contributed by atoms with Gasteiger partial charge in [-0.05, 0) is 71.3 Å². The number of amides is 1. The Morgan fingerprint density at radius 1 is 1.16 bits per heavy atom. The van der Waals surface area contributed by atoms with Crippen LogP contribution in [0.25, 0.3) is 0 Å². The monoisotopic (exact) mass is 461 g/mol. The fourth-order valence-corrected chi connectivity index (χ4v) is 4.97. The topological polar surface area (TPSA) is 63.7 Å². The van der Waals surface area contributed by atoms with Crippen molar-refractivity contribution in [1.82, 2.24) is 0 Å². The summed E-state index contributed by atoms with van der Waals surface area (Å²) in [6.07, 6.45) is -2.49. The zero-order chi connectivity index (χ0) is 27.1. The van der Waals surface area contributed by atoms with Crippen LogP contribution < -0.4 is 4.90 Å². The summed E-state index contributed by atoms with van der Waals surface area (Å²) < 4.78 is 37.9. The van der Waals surface area contributed by atoms with Gasteiger partial charge in [0.1, 0.15) is 10.7 Å². The first-order valence-corrected chi connectivity index (χ1v) is 12.0. The van der Waals surface area contributed by atoms with E-state index in [2.05, 4.69) is 18.8 Å². The number of Topliss-reactive ketones (excluding diaryl/α,β-unsaturated/α-hetero) is 1. The number of ether oxygens (including phenoxy) is 1. The van der Waals surface area contributed by atoms with E-state index in [4.69, 9.17) is 10.2 Å². The van der Waals surface area contributed by atoms with Crippen molar-refractivity contribution in [3.05, 3.63) is 15.8 Å². The molecule has 0 aromatic carbocycles. The Bertz CT molecular complexity index is 1070. The van der Waals surface area contributed by atoms with Crippen molar-refractivity contribution in [3.63, 3.8) is 0 Å². The van der Waals surface area contributed by atoms with Gasteiger partial charge in [0.25, 0.3) is 0 Å². The highest BCUT2D eigenvalue weighted by molar-refractivity contribution is 7.15. The summed E-state index contributed by atoms with van der Waals surface area (Å²) >= 11 is 1.09. The van der Waals surface area contributed by atoms with Crippen molar-refractivity contribution in [1.29, 1.82) is 0 Å². The van der Waals surface area contributed by atoms with Gasteiger partial charge in [-0.2, -0.15) is 0 Å². The van der Waals surface area contributed by atoms with Crippen molar-refractivity contribution < 1.29 is 24.6 Å². The molecular formula is C26H35NO4S. The summed E-state index contributed by atoms with van der Waals surface area (Å²) in [5.41, 5.74) is -0.0423. The van der Waals surface area contributed by atoms with Crippen LogP contribution in [0.1, 0.15) is 99.0 Å². The lowest BCUT2D eigenvalue weighted by Crippen LogP contribution is -2.46. The number of esters is 1. The molecule has 2 aliphatic carbocycles. The minimum Gasteiger partial charge on any atom is -0.465 e. The molecule has 0 bridgehead atoms. The number of ketones is 1. The van der Waals surface area contributed by atoms with Crippen LogP contribution in [0.2, 0.25) is 0 Å². The van der Waals surface area contributed by atoms with Gasteiger partial charge in [-0.1, -0.05) is 18.8 Å². The van der Waals surface area contributed by atoms with E-state index in [1.807, 2.05) is 20.8 Å². The predicted octanol–water partition coefficient (Wildman–Crippen LogP) is 5.60. The van der Waals surface area contributed by atoms with Crippen LogP contribution in [-0.2, 0) is 14.3 Å². The lowest BCUT2D eigenvalue weighted by atomic mass is 9.81. The number of anilines is 1. The van der Waals surface area contributed by atoms with Crippen LogP contribution >= 0.6 is 11.3 Å². The fourth-order valence-electron chi connectivity index (χ4n) is 4.05. The number of hydrogen-bond donors (Lipinski definition) is 0. The van der Waals surface area contributed by atoms with E-state index in [9.17, 15) is 14.4 Å². The maximum atomic E-state index is 14.0. The van der Waals surface area contributed by atoms with Crippen molar-refractivity contribution in [3.8, 4) is 11.8 Å². The largest absolute Gasteiger partial charge is 0.465 e. The molecule has 1 aromatic heterocycles. The molecule has 0 unspecified atom stereocenters. The first-order chi connectivity index (χ1) is 16.6. The maximum Gasteiger partial charge on any atom is 0.350 e. The van der Waals surface area contributed by atoms with Gasteiger partial charge < -0.3 is 9.64 Å².